The molecule has 1 fully saturated rings. The minimum absolute atomic E-state index is 0.0325. The van der Waals surface area contributed by atoms with E-state index in [9.17, 15) is 19.6 Å². The van der Waals surface area contributed by atoms with Crippen LogP contribution in [0.2, 0.25) is 0 Å². The second-order valence-electron chi connectivity index (χ2n) is 9.70. The number of esters is 1. The predicted molar refractivity (Wildman–Crippen MR) is 149 cm³/mol. The van der Waals surface area contributed by atoms with Gasteiger partial charge in [-0.1, -0.05) is 38.8 Å². The maximum atomic E-state index is 13.5. The van der Waals surface area contributed by atoms with Gasteiger partial charge < -0.3 is 14.5 Å². The summed E-state index contributed by atoms with van der Waals surface area (Å²) in [4.78, 5) is 46.0. The number of unbranched alkanes of at least 4 members (excludes halogenated alkanes) is 2. The van der Waals surface area contributed by atoms with Gasteiger partial charge in [-0.3, -0.25) is 14.6 Å². The Balaban J connectivity index is 1.73. The van der Waals surface area contributed by atoms with E-state index in [1.54, 1.807) is 42.6 Å². The van der Waals surface area contributed by atoms with Gasteiger partial charge in [0.1, 0.15) is 18.1 Å². The molecule has 1 aliphatic rings. The van der Waals surface area contributed by atoms with Crippen LogP contribution < -0.4 is 4.73 Å². The molecule has 3 heterocycles. The van der Waals surface area contributed by atoms with Gasteiger partial charge in [0.05, 0.1) is 24.6 Å². The van der Waals surface area contributed by atoms with Crippen molar-refractivity contribution in [3.8, 4) is 0 Å². The quantitative estimate of drug-likeness (QED) is 0.110. The molecule has 10 heteroatoms. The van der Waals surface area contributed by atoms with E-state index in [1.165, 1.54) is 23.1 Å². The molecule has 210 valence electrons. The Labute approximate surface area is 234 Å². The standard InChI is InChI=1S/C30H35N5O5/c1-4-6-11-27-31-19-25(33(27)20-22-12-14-23(15-13-22)29(37)40-3)18-26-28(36)32(16-7-5-2)30(38)34(26)21-24-10-8-9-17-35(24)39/h8-10,12-15,17-19H,4-7,11,16,20-21H2,1-3H3. The number of pyridine rings is 1. The average molecular weight is 546 g/mol. The van der Waals surface area contributed by atoms with Crippen LogP contribution in [-0.2, 0) is 29.0 Å². The molecule has 40 heavy (non-hydrogen) atoms. The zero-order valence-electron chi connectivity index (χ0n) is 23.2. The fourth-order valence-electron chi connectivity index (χ4n) is 4.59. The number of imidazole rings is 1. The number of aromatic nitrogens is 3. The van der Waals surface area contributed by atoms with Crippen molar-refractivity contribution in [3.05, 3.63) is 94.1 Å². The highest BCUT2D eigenvalue weighted by Crippen LogP contribution is 2.27. The molecule has 1 aliphatic heterocycles. The summed E-state index contributed by atoms with van der Waals surface area (Å²) in [5, 5.41) is 12.4. The van der Waals surface area contributed by atoms with Gasteiger partial charge in [-0.25, -0.2) is 14.6 Å². The summed E-state index contributed by atoms with van der Waals surface area (Å²) < 4.78 is 7.53. The number of ether oxygens (including phenoxy) is 1. The Kier molecular flexibility index (Phi) is 9.31. The van der Waals surface area contributed by atoms with E-state index in [2.05, 4.69) is 11.9 Å². The number of hydrogen-bond acceptors (Lipinski definition) is 6. The van der Waals surface area contributed by atoms with Crippen LogP contribution in [0.25, 0.3) is 6.08 Å². The number of imide groups is 1. The van der Waals surface area contributed by atoms with Crippen LogP contribution in [0.5, 0.6) is 0 Å². The van der Waals surface area contributed by atoms with Crippen molar-refractivity contribution in [2.75, 3.05) is 13.7 Å². The van der Waals surface area contributed by atoms with Crippen LogP contribution in [-0.4, -0.2) is 50.9 Å². The van der Waals surface area contributed by atoms with E-state index >= 15 is 0 Å². The van der Waals surface area contributed by atoms with Gasteiger partial charge in [-0.05, 0) is 42.7 Å². The van der Waals surface area contributed by atoms with Crippen LogP contribution in [0, 0.1) is 5.21 Å². The number of methoxy groups -OCH3 is 1. The number of amides is 3. The van der Waals surface area contributed by atoms with Crippen LogP contribution in [0.4, 0.5) is 4.79 Å². The fourth-order valence-corrected chi connectivity index (χ4v) is 4.59. The zero-order chi connectivity index (χ0) is 28.6. The number of carbonyl (C=O) groups is 3. The Morgan fingerprint density at radius 2 is 1.77 bits per heavy atom. The molecule has 0 aliphatic carbocycles. The van der Waals surface area contributed by atoms with Gasteiger partial charge in [0.25, 0.3) is 5.91 Å². The number of carbonyl (C=O) groups excluding carboxylic acids is 3. The minimum Gasteiger partial charge on any atom is -0.618 e. The Bertz CT molecular complexity index is 1400. The first kappa shape index (κ1) is 28.5. The first-order valence-electron chi connectivity index (χ1n) is 13.6. The van der Waals surface area contributed by atoms with Crippen molar-refractivity contribution < 1.29 is 23.9 Å². The van der Waals surface area contributed by atoms with Gasteiger partial charge >= 0.3 is 12.0 Å². The third-order valence-electron chi connectivity index (χ3n) is 6.90. The Morgan fingerprint density at radius 3 is 2.45 bits per heavy atom. The maximum absolute atomic E-state index is 13.5. The molecular weight excluding hydrogens is 510 g/mol. The van der Waals surface area contributed by atoms with Crippen molar-refractivity contribution in [1.29, 1.82) is 0 Å². The Hall–Kier alpha value is -4.47. The van der Waals surface area contributed by atoms with Crippen molar-refractivity contribution in [2.45, 2.75) is 59.0 Å². The van der Waals surface area contributed by atoms with Gasteiger partial charge in [-0.2, -0.15) is 4.73 Å². The molecule has 0 atom stereocenters. The van der Waals surface area contributed by atoms with Gasteiger partial charge in [0.2, 0.25) is 5.69 Å². The van der Waals surface area contributed by atoms with Crippen molar-refractivity contribution >= 4 is 24.0 Å². The number of benzene rings is 1. The molecule has 0 radical (unpaired) electrons. The summed E-state index contributed by atoms with van der Waals surface area (Å²) in [6.45, 7) is 4.84. The van der Waals surface area contributed by atoms with Crippen molar-refractivity contribution in [3.63, 3.8) is 0 Å². The summed E-state index contributed by atoms with van der Waals surface area (Å²) in [6.07, 6.45) is 8.98. The van der Waals surface area contributed by atoms with Crippen LogP contribution in [0.15, 0.2) is 60.6 Å². The highest BCUT2D eigenvalue weighted by molar-refractivity contribution is 6.13. The number of nitrogens with zero attached hydrogens (tertiary/aromatic N) is 5. The summed E-state index contributed by atoms with van der Waals surface area (Å²) in [7, 11) is 1.34. The van der Waals surface area contributed by atoms with Crippen LogP contribution >= 0.6 is 0 Å². The lowest BCUT2D eigenvalue weighted by molar-refractivity contribution is -0.615. The van der Waals surface area contributed by atoms with E-state index in [0.29, 0.717) is 41.2 Å². The molecule has 3 aromatic rings. The van der Waals surface area contributed by atoms with Crippen LogP contribution in [0.1, 0.15) is 72.7 Å². The van der Waals surface area contributed by atoms with E-state index in [0.717, 1.165) is 37.1 Å². The molecular formula is C30H35N5O5. The third-order valence-corrected chi connectivity index (χ3v) is 6.90. The Morgan fingerprint density at radius 1 is 1.02 bits per heavy atom. The monoisotopic (exact) mass is 545 g/mol. The second-order valence-corrected chi connectivity index (χ2v) is 9.70. The smallest absolute Gasteiger partial charge is 0.337 e. The van der Waals surface area contributed by atoms with Gasteiger partial charge in [-0.15, -0.1) is 0 Å². The molecule has 1 aromatic carbocycles. The van der Waals surface area contributed by atoms with E-state index in [1.807, 2.05) is 23.6 Å². The topological polar surface area (TPSA) is 112 Å². The predicted octanol–water partition coefficient (Wildman–Crippen LogP) is 4.30. The summed E-state index contributed by atoms with van der Waals surface area (Å²) in [6, 6.07) is 11.7. The molecule has 0 saturated carbocycles. The highest BCUT2D eigenvalue weighted by atomic mass is 16.5. The molecule has 1 saturated heterocycles. The number of aryl methyl sites for hydroxylation is 1. The fraction of sp³-hybridized carbons (Fsp3) is 0.367. The van der Waals surface area contributed by atoms with E-state index in [4.69, 9.17) is 4.74 Å². The molecule has 10 nitrogen and oxygen atoms in total. The minimum atomic E-state index is -0.441. The lowest BCUT2D eigenvalue weighted by atomic mass is 10.1. The second kappa shape index (κ2) is 13.1. The van der Waals surface area contributed by atoms with Crippen molar-refractivity contribution in [1.82, 2.24) is 19.4 Å². The third kappa shape index (κ3) is 6.22. The van der Waals surface area contributed by atoms with E-state index < -0.39 is 17.9 Å². The largest absolute Gasteiger partial charge is 0.618 e. The van der Waals surface area contributed by atoms with Crippen molar-refractivity contribution in [2.24, 2.45) is 0 Å². The molecule has 0 unspecified atom stereocenters. The maximum Gasteiger partial charge on any atom is 0.337 e. The SMILES string of the molecule is CCCCc1ncc(C=C2C(=O)N(CCCC)C(=O)N2Cc2cccc[n+]2[O-])n1Cc1ccc(C(=O)OC)cc1. The molecule has 0 N–H and O–H groups in total. The van der Waals surface area contributed by atoms with Gasteiger partial charge in [0.15, 0.2) is 6.20 Å². The van der Waals surface area contributed by atoms with Crippen LogP contribution in [0.3, 0.4) is 0 Å². The highest BCUT2D eigenvalue weighted by Gasteiger charge is 2.41. The number of urea groups is 1. The zero-order valence-corrected chi connectivity index (χ0v) is 23.2. The first-order chi connectivity index (χ1) is 19.4. The van der Waals surface area contributed by atoms with Gasteiger partial charge in [0, 0.05) is 31.6 Å². The van der Waals surface area contributed by atoms with E-state index in [-0.39, 0.29) is 12.2 Å². The molecule has 4 rings (SSSR count). The molecule has 0 bridgehead atoms. The molecule has 0 spiro atoms. The lowest BCUT2D eigenvalue weighted by Crippen LogP contribution is -2.38. The number of rotatable bonds is 12. The lowest BCUT2D eigenvalue weighted by Gasteiger charge is -2.17. The first-order valence-corrected chi connectivity index (χ1v) is 13.6. The summed E-state index contributed by atoms with van der Waals surface area (Å²) in [5.41, 5.74) is 2.63. The molecule has 2 aromatic heterocycles. The number of hydrogen-bond donors (Lipinski definition) is 0. The average Bonchev–Trinajstić information content (AvgIpc) is 3.44. The molecule has 3 amide bonds. The normalized spacial score (nSPS) is 14.4. The summed E-state index contributed by atoms with van der Waals surface area (Å²) in [5.74, 6) is 0.0627. The summed E-state index contributed by atoms with van der Waals surface area (Å²) >= 11 is 0.